The summed E-state index contributed by atoms with van der Waals surface area (Å²) in [6.07, 6.45) is 8.60. The van der Waals surface area contributed by atoms with Gasteiger partial charge in [0.15, 0.2) is 11.5 Å². The summed E-state index contributed by atoms with van der Waals surface area (Å²) in [5.74, 6) is 1.92. The van der Waals surface area contributed by atoms with E-state index in [2.05, 4.69) is 21.2 Å². The zero-order valence-corrected chi connectivity index (χ0v) is 18.6. The number of aliphatic hydroxyl groups is 1. The average molecular weight is 449 g/mol. The number of fused-ring (bicyclic) bond motifs is 3. The van der Waals surface area contributed by atoms with Gasteiger partial charge in [-0.05, 0) is 44.2 Å². The van der Waals surface area contributed by atoms with Crippen molar-refractivity contribution in [2.45, 2.75) is 50.2 Å². The Balaban J connectivity index is 1.30. The summed E-state index contributed by atoms with van der Waals surface area (Å²) in [7, 11) is 1.62. The SMILES string of the molecule is COc1cccc2c1nc(N)n1nc([C@@H]3CCCN(c4cnn(C5CCC[C@@H]5O)c4)C3)nc21. The molecule has 10 heteroatoms. The van der Waals surface area contributed by atoms with Gasteiger partial charge >= 0.3 is 0 Å². The van der Waals surface area contributed by atoms with E-state index in [9.17, 15) is 5.11 Å². The monoisotopic (exact) mass is 448 g/mol. The molecule has 1 aliphatic heterocycles. The number of hydrogen-bond acceptors (Lipinski definition) is 8. The van der Waals surface area contributed by atoms with Gasteiger partial charge in [0, 0.05) is 30.6 Å². The average Bonchev–Trinajstić information content (AvgIpc) is 3.58. The standard InChI is InChI=1S/C23H28N8O2/c1-33-19-9-2-6-16-20(19)26-23(24)31-22(16)27-21(28-31)14-5-4-10-29(12-14)15-11-25-30(13-15)17-7-3-8-18(17)32/h2,6,9,11,13-14,17-18,32H,3-5,7-8,10,12H2,1H3,(H2,24,26)/t14-,17?,18+/m1/s1. The van der Waals surface area contributed by atoms with Crippen molar-refractivity contribution in [3.05, 3.63) is 36.4 Å². The van der Waals surface area contributed by atoms with Crippen LogP contribution in [0.4, 0.5) is 11.6 Å². The molecule has 3 atom stereocenters. The molecule has 4 heterocycles. The predicted octanol–water partition coefficient (Wildman–Crippen LogP) is 2.53. The lowest BCUT2D eigenvalue weighted by atomic mass is 9.97. The first-order chi connectivity index (χ1) is 16.1. The maximum atomic E-state index is 10.2. The Kier molecular flexibility index (Phi) is 4.83. The number of methoxy groups -OCH3 is 1. The second-order valence-electron chi connectivity index (χ2n) is 9.06. The highest BCUT2D eigenvalue weighted by Gasteiger charge is 2.30. The molecule has 2 fully saturated rings. The molecule has 2 aliphatic rings. The number of benzene rings is 1. The molecule has 4 aromatic rings. The second-order valence-corrected chi connectivity index (χ2v) is 9.06. The Morgan fingerprint density at radius 3 is 2.88 bits per heavy atom. The second kappa shape index (κ2) is 7.87. The molecular weight excluding hydrogens is 420 g/mol. The summed E-state index contributed by atoms with van der Waals surface area (Å²) in [4.78, 5) is 11.8. The number of anilines is 2. The van der Waals surface area contributed by atoms with Crippen molar-refractivity contribution in [1.29, 1.82) is 0 Å². The smallest absolute Gasteiger partial charge is 0.223 e. The van der Waals surface area contributed by atoms with Crippen LogP contribution in [0.15, 0.2) is 30.6 Å². The lowest BCUT2D eigenvalue weighted by molar-refractivity contribution is 0.130. The minimum absolute atomic E-state index is 0.0835. The number of nitrogens with two attached hydrogens (primary N) is 1. The molecule has 10 nitrogen and oxygen atoms in total. The summed E-state index contributed by atoms with van der Waals surface area (Å²) < 4.78 is 9.03. The Morgan fingerprint density at radius 1 is 1.15 bits per heavy atom. The Labute approximate surface area is 191 Å². The van der Waals surface area contributed by atoms with Crippen molar-refractivity contribution in [2.24, 2.45) is 0 Å². The molecule has 1 aliphatic carbocycles. The topological polar surface area (TPSA) is 120 Å². The van der Waals surface area contributed by atoms with Gasteiger partial charge in [-0.15, -0.1) is 5.10 Å². The normalized spacial score (nSPS) is 23.6. The summed E-state index contributed by atoms with van der Waals surface area (Å²) in [6, 6.07) is 5.85. The highest BCUT2D eigenvalue weighted by atomic mass is 16.5. The summed E-state index contributed by atoms with van der Waals surface area (Å²) in [6.45, 7) is 1.77. The van der Waals surface area contributed by atoms with Gasteiger partial charge in [-0.1, -0.05) is 6.07 Å². The quantitative estimate of drug-likeness (QED) is 0.489. The number of nitrogens with zero attached hydrogens (tertiary/aromatic N) is 7. The van der Waals surface area contributed by atoms with Crippen molar-refractivity contribution in [3.63, 3.8) is 0 Å². The van der Waals surface area contributed by atoms with Crippen LogP contribution in [0.3, 0.4) is 0 Å². The van der Waals surface area contributed by atoms with Crippen molar-refractivity contribution in [2.75, 3.05) is 30.8 Å². The molecule has 3 aromatic heterocycles. The highest BCUT2D eigenvalue weighted by Crippen LogP contribution is 2.34. The third kappa shape index (κ3) is 3.36. The third-order valence-electron chi connectivity index (χ3n) is 7.05. The fraction of sp³-hybridized carbons (Fsp3) is 0.478. The van der Waals surface area contributed by atoms with Crippen molar-refractivity contribution in [1.82, 2.24) is 29.4 Å². The fourth-order valence-corrected chi connectivity index (χ4v) is 5.30. The Morgan fingerprint density at radius 2 is 2.06 bits per heavy atom. The van der Waals surface area contributed by atoms with E-state index in [-0.39, 0.29) is 18.1 Å². The summed E-state index contributed by atoms with van der Waals surface area (Å²) >= 11 is 0. The van der Waals surface area contributed by atoms with Crippen LogP contribution >= 0.6 is 0 Å². The van der Waals surface area contributed by atoms with E-state index < -0.39 is 0 Å². The lowest BCUT2D eigenvalue weighted by Gasteiger charge is -2.32. The van der Waals surface area contributed by atoms with Gasteiger partial charge in [0.05, 0.1) is 31.1 Å². The number of nitrogen functional groups attached to an aromatic ring is 1. The zero-order valence-electron chi connectivity index (χ0n) is 18.6. The van der Waals surface area contributed by atoms with Gasteiger partial charge in [0.1, 0.15) is 11.3 Å². The number of aliphatic hydroxyl groups excluding tert-OH is 1. The molecule has 0 amide bonds. The number of aromatic nitrogens is 6. The van der Waals surface area contributed by atoms with Crippen LogP contribution in [0.5, 0.6) is 5.75 Å². The fourth-order valence-electron chi connectivity index (χ4n) is 5.30. The number of piperidine rings is 1. The van der Waals surface area contributed by atoms with E-state index in [1.807, 2.05) is 29.1 Å². The highest BCUT2D eigenvalue weighted by molar-refractivity contribution is 5.95. The van der Waals surface area contributed by atoms with E-state index in [1.165, 1.54) is 0 Å². The molecule has 0 radical (unpaired) electrons. The number of para-hydroxylation sites is 1. The van der Waals surface area contributed by atoms with Gasteiger partial charge < -0.3 is 20.5 Å². The van der Waals surface area contributed by atoms with Gasteiger partial charge in [-0.25, -0.2) is 9.97 Å². The molecule has 1 saturated carbocycles. The van der Waals surface area contributed by atoms with Gasteiger partial charge in [0.25, 0.3) is 0 Å². The van der Waals surface area contributed by atoms with E-state index in [0.29, 0.717) is 22.9 Å². The van der Waals surface area contributed by atoms with Crippen LogP contribution in [0.25, 0.3) is 16.6 Å². The molecule has 33 heavy (non-hydrogen) atoms. The molecule has 6 rings (SSSR count). The molecule has 1 aromatic carbocycles. The summed E-state index contributed by atoms with van der Waals surface area (Å²) in [5, 5.41) is 20.4. The van der Waals surface area contributed by atoms with Gasteiger partial charge in [-0.3, -0.25) is 4.68 Å². The largest absolute Gasteiger partial charge is 0.494 e. The molecule has 3 N–H and O–H groups in total. The molecular formula is C23H28N8O2. The first-order valence-corrected chi connectivity index (χ1v) is 11.6. The zero-order chi connectivity index (χ0) is 22.5. The Hall–Kier alpha value is -3.40. The minimum atomic E-state index is -0.304. The van der Waals surface area contributed by atoms with E-state index >= 15 is 0 Å². The maximum absolute atomic E-state index is 10.2. The van der Waals surface area contributed by atoms with Crippen molar-refractivity contribution in [3.8, 4) is 5.75 Å². The lowest BCUT2D eigenvalue weighted by Crippen LogP contribution is -2.34. The van der Waals surface area contributed by atoms with E-state index in [1.54, 1.807) is 11.6 Å². The number of ether oxygens (including phenoxy) is 1. The van der Waals surface area contributed by atoms with Gasteiger partial charge in [-0.2, -0.15) is 9.61 Å². The molecule has 0 spiro atoms. The minimum Gasteiger partial charge on any atom is -0.494 e. The van der Waals surface area contributed by atoms with Crippen molar-refractivity contribution < 1.29 is 9.84 Å². The van der Waals surface area contributed by atoms with E-state index in [4.69, 9.17) is 20.6 Å². The van der Waals surface area contributed by atoms with Crippen LogP contribution in [-0.4, -0.2) is 60.8 Å². The van der Waals surface area contributed by atoms with Crippen LogP contribution in [0, 0.1) is 0 Å². The number of hydrogen-bond donors (Lipinski definition) is 2. The molecule has 1 saturated heterocycles. The molecule has 172 valence electrons. The third-order valence-corrected chi connectivity index (χ3v) is 7.05. The summed E-state index contributed by atoms with van der Waals surface area (Å²) in [5.41, 5.74) is 8.71. The maximum Gasteiger partial charge on any atom is 0.223 e. The number of rotatable bonds is 4. The van der Waals surface area contributed by atoms with Crippen molar-refractivity contribution >= 4 is 28.2 Å². The van der Waals surface area contributed by atoms with Crippen LogP contribution in [0.2, 0.25) is 0 Å². The predicted molar refractivity (Wildman–Crippen MR) is 125 cm³/mol. The first-order valence-electron chi connectivity index (χ1n) is 11.6. The van der Waals surface area contributed by atoms with Gasteiger partial charge in [0.2, 0.25) is 5.95 Å². The first kappa shape index (κ1) is 20.2. The van der Waals surface area contributed by atoms with E-state index in [0.717, 1.165) is 62.1 Å². The van der Waals surface area contributed by atoms with Crippen LogP contribution < -0.4 is 15.4 Å². The Bertz CT molecular complexity index is 1310. The van der Waals surface area contributed by atoms with Crippen LogP contribution in [0.1, 0.15) is 49.9 Å². The molecule has 0 bridgehead atoms. The molecule has 1 unspecified atom stereocenters. The van der Waals surface area contributed by atoms with Crippen LogP contribution in [-0.2, 0) is 0 Å².